The summed E-state index contributed by atoms with van der Waals surface area (Å²) in [6, 6.07) is 5.14. The SMILES string of the molecule is O=C1CCC(Cc2cccc(F)c2Br)CC1. The van der Waals surface area contributed by atoms with Gasteiger partial charge in [0.25, 0.3) is 0 Å². The predicted octanol–water partition coefficient (Wildman–Crippen LogP) is 3.89. The van der Waals surface area contributed by atoms with Crippen molar-refractivity contribution < 1.29 is 9.18 Å². The maximum Gasteiger partial charge on any atom is 0.137 e. The molecule has 0 bridgehead atoms. The van der Waals surface area contributed by atoms with Crippen LogP contribution in [0.25, 0.3) is 0 Å². The quantitative estimate of drug-likeness (QED) is 0.805. The molecule has 0 aliphatic heterocycles. The van der Waals surface area contributed by atoms with Crippen molar-refractivity contribution in [3.8, 4) is 0 Å². The van der Waals surface area contributed by atoms with Crippen LogP contribution in [0.2, 0.25) is 0 Å². The highest BCUT2D eigenvalue weighted by molar-refractivity contribution is 9.10. The zero-order chi connectivity index (χ0) is 11.5. The van der Waals surface area contributed by atoms with Crippen molar-refractivity contribution in [1.82, 2.24) is 0 Å². The van der Waals surface area contributed by atoms with Gasteiger partial charge in [-0.2, -0.15) is 0 Å². The number of carbonyl (C=O) groups excluding carboxylic acids is 1. The highest BCUT2D eigenvalue weighted by Gasteiger charge is 2.20. The first-order chi connectivity index (χ1) is 7.66. The van der Waals surface area contributed by atoms with E-state index in [4.69, 9.17) is 0 Å². The van der Waals surface area contributed by atoms with Crippen LogP contribution < -0.4 is 0 Å². The van der Waals surface area contributed by atoms with Crippen LogP contribution in [-0.4, -0.2) is 5.78 Å². The van der Waals surface area contributed by atoms with Crippen LogP contribution in [0.3, 0.4) is 0 Å². The molecule has 1 aromatic rings. The van der Waals surface area contributed by atoms with E-state index >= 15 is 0 Å². The normalized spacial score (nSPS) is 17.8. The van der Waals surface area contributed by atoms with E-state index in [2.05, 4.69) is 15.9 Å². The zero-order valence-corrected chi connectivity index (χ0v) is 10.6. The minimum absolute atomic E-state index is 0.204. The van der Waals surface area contributed by atoms with Crippen molar-refractivity contribution in [2.24, 2.45) is 5.92 Å². The maximum atomic E-state index is 13.3. The van der Waals surface area contributed by atoms with Gasteiger partial charge in [0, 0.05) is 12.8 Å². The van der Waals surface area contributed by atoms with Crippen LogP contribution in [0, 0.1) is 11.7 Å². The number of ketones is 1. The van der Waals surface area contributed by atoms with Gasteiger partial charge in [-0.1, -0.05) is 12.1 Å². The summed E-state index contributed by atoms with van der Waals surface area (Å²) in [6.45, 7) is 0. The minimum atomic E-state index is -0.204. The lowest BCUT2D eigenvalue weighted by Crippen LogP contribution is -2.16. The Bertz CT molecular complexity index is 393. The molecule has 1 fully saturated rings. The Kier molecular flexibility index (Phi) is 3.74. The van der Waals surface area contributed by atoms with E-state index < -0.39 is 0 Å². The average Bonchev–Trinajstić information content (AvgIpc) is 2.28. The lowest BCUT2D eigenvalue weighted by molar-refractivity contribution is -0.121. The number of Topliss-reactive ketones (excluding diaryl/α,β-unsaturated/α-hetero) is 1. The molecule has 0 atom stereocenters. The number of benzene rings is 1. The largest absolute Gasteiger partial charge is 0.300 e. The van der Waals surface area contributed by atoms with E-state index in [1.165, 1.54) is 6.07 Å². The van der Waals surface area contributed by atoms with Crippen LogP contribution in [0.4, 0.5) is 4.39 Å². The fourth-order valence-electron chi connectivity index (χ4n) is 2.22. The lowest BCUT2D eigenvalue weighted by Gasteiger charge is -2.21. The van der Waals surface area contributed by atoms with Crippen molar-refractivity contribution in [2.75, 3.05) is 0 Å². The van der Waals surface area contributed by atoms with Crippen molar-refractivity contribution >= 4 is 21.7 Å². The smallest absolute Gasteiger partial charge is 0.137 e. The molecule has 2 rings (SSSR count). The zero-order valence-electron chi connectivity index (χ0n) is 9.01. The highest BCUT2D eigenvalue weighted by Crippen LogP contribution is 2.29. The number of hydrogen-bond acceptors (Lipinski definition) is 1. The monoisotopic (exact) mass is 284 g/mol. The summed E-state index contributed by atoms with van der Waals surface area (Å²) in [5.74, 6) is 0.690. The fraction of sp³-hybridized carbons (Fsp3) is 0.462. The molecular weight excluding hydrogens is 271 g/mol. The van der Waals surface area contributed by atoms with Gasteiger partial charge in [0.05, 0.1) is 4.47 Å². The van der Waals surface area contributed by atoms with E-state index in [-0.39, 0.29) is 5.82 Å². The number of rotatable bonds is 2. The van der Waals surface area contributed by atoms with Crippen molar-refractivity contribution in [1.29, 1.82) is 0 Å². The fourth-order valence-corrected chi connectivity index (χ4v) is 2.65. The third-order valence-corrected chi connectivity index (χ3v) is 4.09. The first-order valence-electron chi connectivity index (χ1n) is 5.61. The predicted molar refractivity (Wildman–Crippen MR) is 64.8 cm³/mol. The van der Waals surface area contributed by atoms with Gasteiger partial charge >= 0.3 is 0 Å². The molecule has 0 amide bonds. The highest BCUT2D eigenvalue weighted by atomic mass is 79.9. The summed E-state index contributed by atoms with van der Waals surface area (Å²) in [5, 5.41) is 0. The Hall–Kier alpha value is -0.700. The molecule has 3 heteroatoms. The Balaban J connectivity index is 2.04. The van der Waals surface area contributed by atoms with Gasteiger partial charge in [-0.25, -0.2) is 4.39 Å². The maximum absolute atomic E-state index is 13.3. The van der Waals surface area contributed by atoms with Crippen molar-refractivity contribution in [2.45, 2.75) is 32.1 Å². The lowest BCUT2D eigenvalue weighted by atomic mass is 9.84. The summed E-state index contributed by atoms with van der Waals surface area (Å²) in [5.41, 5.74) is 1.01. The third kappa shape index (κ3) is 2.70. The molecule has 0 aromatic heterocycles. The molecule has 1 aromatic carbocycles. The van der Waals surface area contributed by atoms with Gasteiger partial charge in [-0.05, 0) is 52.7 Å². The molecule has 0 saturated heterocycles. The average molecular weight is 285 g/mol. The van der Waals surface area contributed by atoms with E-state index in [1.807, 2.05) is 6.07 Å². The standard InChI is InChI=1S/C13H14BrFO/c14-13-10(2-1-3-12(13)15)8-9-4-6-11(16)7-5-9/h1-3,9H,4-8H2. The third-order valence-electron chi connectivity index (χ3n) is 3.20. The van der Waals surface area contributed by atoms with Gasteiger partial charge < -0.3 is 0 Å². The molecule has 1 nitrogen and oxygen atoms in total. The molecule has 0 heterocycles. The van der Waals surface area contributed by atoms with E-state index in [0.29, 0.717) is 29.0 Å². The first kappa shape index (κ1) is 11.8. The summed E-state index contributed by atoms with van der Waals surface area (Å²) in [7, 11) is 0. The molecule has 86 valence electrons. The number of hydrogen-bond donors (Lipinski definition) is 0. The van der Waals surface area contributed by atoms with E-state index in [1.54, 1.807) is 6.07 Å². The van der Waals surface area contributed by atoms with E-state index in [9.17, 15) is 9.18 Å². The first-order valence-corrected chi connectivity index (χ1v) is 6.40. The molecule has 0 unspecified atom stereocenters. The molecule has 1 aliphatic carbocycles. The van der Waals surface area contributed by atoms with E-state index in [0.717, 1.165) is 24.8 Å². The van der Waals surface area contributed by atoms with Gasteiger partial charge in [0.15, 0.2) is 0 Å². The Morgan fingerprint density at radius 2 is 2.00 bits per heavy atom. The molecule has 16 heavy (non-hydrogen) atoms. The summed E-state index contributed by atoms with van der Waals surface area (Å²) < 4.78 is 13.9. The molecule has 1 saturated carbocycles. The van der Waals surface area contributed by atoms with Gasteiger partial charge in [-0.3, -0.25) is 4.79 Å². The second kappa shape index (κ2) is 5.09. The topological polar surface area (TPSA) is 17.1 Å². The Morgan fingerprint density at radius 1 is 1.31 bits per heavy atom. The van der Waals surface area contributed by atoms with Crippen LogP contribution in [0.5, 0.6) is 0 Å². The van der Waals surface area contributed by atoms with Gasteiger partial charge in [-0.15, -0.1) is 0 Å². The molecule has 1 aliphatic rings. The van der Waals surface area contributed by atoms with Crippen LogP contribution in [0.15, 0.2) is 22.7 Å². The molecular formula is C13H14BrFO. The number of carbonyl (C=O) groups is 1. The number of halogens is 2. The Labute approximate surface area is 103 Å². The summed E-state index contributed by atoms with van der Waals surface area (Å²) in [4.78, 5) is 11.1. The summed E-state index contributed by atoms with van der Waals surface area (Å²) in [6.07, 6.45) is 4.14. The molecule has 0 radical (unpaired) electrons. The van der Waals surface area contributed by atoms with Gasteiger partial charge in [0.2, 0.25) is 0 Å². The van der Waals surface area contributed by atoms with Crippen LogP contribution in [0.1, 0.15) is 31.2 Å². The van der Waals surface area contributed by atoms with Crippen molar-refractivity contribution in [3.05, 3.63) is 34.1 Å². The summed E-state index contributed by atoms with van der Waals surface area (Å²) >= 11 is 3.28. The molecule has 0 N–H and O–H groups in total. The second-order valence-corrected chi connectivity index (χ2v) is 5.19. The Morgan fingerprint density at radius 3 is 2.69 bits per heavy atom. The van der Waals surface area contributed by atoms with Crippen LogP contribution >= 0.6 is 15.9 Å². The van der Waals surface area contributed by atoms with Gasteiger partial charge in [0.1, 0.15) is 11.6 Å². The van der Waals surface area contributed by atoms with Crippen LogP contribution in [-0.2, 0) is 11.2 Å². The van der Waals surface area contributed by atoms with Crippen molar-refractivity contribution in [3.63, 3.8) is 0 Å². The second-order valence-electron chi connectivity index (χ2n) is 4.40. The molecule has 0 spiro atoms. The minimum Gasteiger partial charge on any atom is -0.300 e.